The number of hydrogen-bond acceptors (Lipinski definition) is 4. The van der Waals surface area contributed by atoms with Crippen LogP contribution < -0.4 is 10.1 Å². The highest BCUT2D eigenvalue weighted by Crippen LogP contribution is 2.30. The molecular weight excluding hydrogens is 460 g/mol. The van der Waals surface area contributed by atoms with Crippen molar-refractivity contribution in [1.29, 1.82) is 5.26 Å². The molecule has 0 aliphatic rings. The second-order valence-electron chi connectivity index (χ2n) is 8.72. The largest absolute Gasteiger partial charge is 0.489 e. The Hall–Kier alpha value is -4.89. The number of hydrogen-bond donors (Lipinski definition) is 1. The second-order valence-corrected chi connectivity index (χ2v) is 8.72. The Kier molecular flexibility index (Phi) is 7.65. The minimum atomic E-state index is -0.478. The molecule has 1 N–H and O–H groups in total. The molecule has 0 atom stereocenters. The van der Waals surface area contributed by atoms with Crippen molar-refractivity contribution in [1.82, 2.24) is 9.78 Å². The van der Waals surface area contributed by atoms with E-state index in [1.54, 1.807) is 16.8 Å². The third kappa shape index (κ3) is 5.85. The predicted octanol–water partition coefficient (Wildman–Crippen LogP) is 6.58. The molecule has 1 amide bonds. The number of aromatic nitrogens is 2. The predicted molar refractivity (Wildman–Crippen MR) is 148 cm³/mol. The molecule has 1 heterocycles. The molecule has 0 bridgehead atoms. The van der Waals surface area contributed by atoms with Crippen LogP contribution in [0.3, 0.4) is 0 Å². The standard InChI is InChI=1S/C31H28N4O2/c1-5-15-37-29-14-12-24(16-23(29)4)30-26(20-35(34-30)28-9-7-6-8-10-28)18-25(19-32)31(36)33-27-13-11-21(2)22(3)17-27/h5-14,16-18,20H,1,15H2,2-4H3,(H,33,36). The van der Waals surface area contributed by atoms with Crippen molar-refractivity contribution < 1.29 is 9.53 Å². The van der Waals surface area contributed by atoms with E-state index in [-0.39, 0.29) is 5.57 Å². The summed E-state index contributed by atoms with van der Waals surface area (Å²) in [6, 6.07) is 23.2. The maximum atomic E-state index is 13.0. The number of nitriles is 1. The van der Waals surface area contributed by atoms with Gasteiger partial charge in [0.2, 0.25) is 0 Å². The molecule has 4 aromatic rings. The Morgan fingerprint density at radius 1 is 1.05 bits per heavy atom. The summed E-state index contributed by atoms with van der Waals surface area (Å²) in [5.41, 5.74) is 6.75. The Morgan fingerprint density at radius 2 is 1.84 bits per heavy atom. The van der Waals surface area contributed by atoms with E-state index in [4.69, 9.17) is 9.84 Å². The molecule has 6 nitrogen and oxygen atoms in total. The summed E-state index contributed by atoms with van der Waals surface area (Å²) in [6.45, 7) is 10.1. The highest BCUT2D eigenvalue weighted by molar-refractivity contribution is 6.10. The highest BCUT2D eigenvalue weighted by atomic mass is 16.5. The normalized spacial score (nSPS) is 11.0. The maximum absolute atomic E-state index is 13.0. The minimum absolute atomic E-state index is 0.0188. The molecule has 1 aromatic heterocycles. The average molecular weight is 489 g/mol. The highest BCUT2D eigenvalue weighted by Gasteiger charge is 2.16. The molecule has 184 valence electrons. The lowest BCUT2D eigenvalue weighted by Gasteiger charge is -2.09. The van der Waals surface area contributed by atoms with E-state index in [1.807, 2.05) is 93.7 Å². The SMILES string of the molecule is C=CCOc1ccc(-c2nn(-c3ccccc3)cc2C=C(C#N)C(=O)Nc2ccc(C)c(C)c2)cc1C. The van der Waals surface area contributed by atoms with Crippen LogP contribution in [-0.2, 0) is 4.79 Å². The molecular formula is C31H28N4O2. The van der Waals surface area contributed by atoms with E-state index in [1.165, 1.54) is 0 Å². The topological polar surface area (TPSA) is 79.9 Å². The summed E-state index contributed by atoms with van der Waals surface area (Å²) in [4.78, 5) is 13.0. The summed E-state index contributed by atoms with van der Waals surface area (Å²) < 4.78 is 7.46. The summed E-state index contributed by atoms with van der Waals surface area (Å²) in [6.07, 6.45) is 5.10. The number of ether oxygens (including phenoxy) is 1. The van der Waals surface area contributed by atoms with Crippen molar-refractivity contribution in [2.75, 3.05) is 11.9 Å². The van der Waals surface area contributed by atoms with E-state index < -0.39 is 5.91 Å². The van der Waals surface area contributed by atoms with Gasteiger partial charge in [0.15, 0.2) is 0 Å². The van der Waals surface area contributed by atoms with Gasteiger partial charge in [0.25, 0.3) is 5.91 Å². The molecule has 37 heavy (non-hydrogen) atoms. The van der Waals surface area contributed by atoms with E-state index in [9.17, 15) is 10.1 Å². The van der Waals surface area contributed by atoms with Crippen LogP contribution in [0.5, 0.6) is 5.75 Å². The molecule has 4 rings (SSSR count). The smallest absolute Gasteiger partial charge is 0.266 e. The monoisotopic (exact) mass is 488 g/mol. The van der Waals surface area contributed by atoms with Crippen LogP contribution in [0, 0.1) is 32.1 Å². The fourth-order valence-electron chi connectivity index (χ4n) is 3.86. The lowest BCUT2D eigenvalue weighted by Crippen LogP contribution is -2.13. The van der Waals surface area contributed by atoms with Crippen molar-refractivity contribution in [3.63, 3.8) is 0 Å². The van der Waals surface area contributed by atoms with Gasteiger partial charge in [-0.2, -0.15) is 10.4 Å². The van der Waals surface area contributed by atoms with Crippen LogP contribution in [0.15, 0.2) is 91.2 Å². The van der Waals surface area contributed by atoms with E-state index in [0.29, 0.717) is 23.6 Å². The van der Waals surface area contributed by atoms with Crippen LogP contribution in [0.1, 0.15) is 22.3 Å². The van der Waals surface area contributed by atoms with Crippen LogP contribution in [0.25, 0.3) is 23.0 Å². The summed E-state index contributed by atoms with van der Waals surface area (Å²) in [5.74, 6) is 0.280. The number of anilines is 1. The molecule has 0 aliphatic heterocycles. The number of amides is 1. The van der Waals surface area contributed by atoms with Gasteiger partial charge in [0, 0.05) is 23.0 Å². The molecule has 0 saturated carbocycles. The van der Waals surface area contributed by atoms with Gasteiger partial charge in [0.05, 0.1) is 5.69 Å². The van der Waals surface area contributed by atoms with Crippen LogP contribution in [0.4, 0.5) is 5.69 Å². The lowest BCUT2D eigenvalue weighted by molar-refractivity contribution is -0.112. The quantitative estimate of drug-likeness (QED) is 0.173. The van der Waals surface area contributed by atoms with Gasteiger partial charge < -0.3 is 10.1 Å². The number of nitrogens with zero attached hydrogens (tertiary/aromatic N) is 3. The zero-order chi connectivity index (χ0) is 26.4. The number of nitrogens with one attached hydrogen (secondary N) is 1. The van der Waals surface area contributed by atoms with Gasteiger partial charge in [-0.15, -0.1) is 0 Å². The maximum Gasteiger partial charge on any atom is 0.266 e. The summed E-state index contributed by atoms with van der Waals surface area (Å²) >= 11 is 0. The number of carbonyl (C=O) groups is 1. The van der Waals surface area contributed by atoms with Crippen molar-refractivity contribution in [3.8, 4) is 28.8 Å². The molecule has 0 radical (unpaired) electrons. The Bertz CT molecular complexity index is 1520. The molecule has 0 spiro atoms. The zero-order valence-corrected chi connectivity index (χ0v) is 21.2. The van der Waals surface area contributed by atoms with E-state index in [0.717, 1.165) is 33.7 Å². The number of carbonyl (C=O) groups excluding carboxylic acids is 1. The fourth-order valence-corrected chi connectivity index (χ4v) is 3.86. The van der Waals surface area contributed by atoms with Gasteiger partial charge in [-0.1, -0.05) is 36.9 Å². The van der Waals surface area contributed by atoms with Crippen molar-refractivity contribution in [2.45, 2.75) is 20.8 Å². The first-order valence-corrected chi connectivity index (χ1v) is 11.9. The minimum Gasteiger partial charge on any atom is -0.489 e. The lowest BCUT2D eigenvalue weighted by atomic mass is 10.0. The third-order valence-corrected chi connectivity index (χ3v) is 6.00. The first-order chi connectivity index (χ1) is 17.9. The van der Waals surface area contributed by atoms with Gasteiger partial charge in [-0.05, 0) is 86.0 Å². The fraction of sp³-hybridized carbons (Fsp3) is 0.129. The van der Waals surface area contributed by atoms with Gasteiger partial charge in [-0.25, -0.2) is 4.68 Å². The molecule has 3 aromatic carbocycles. The molecule has 0 unspecified atom stereocenters. The van der Waals surface area contributed by atoms with E-state index >= 15 is 0 Å². The van der Waals surface area contributed by atoms with Gasteiger partial charge >= 0.3 is 0 Å². The number of para-hydroxylation sites is 1. The zero-order valence-electron chi connectivity index (χ0n) is 21.2. The Morgan fingerprint density at radius 3 is 2.51 bits per heavy atom. The van der Waals surface area contributed by atoms with Crippen LogP contribution >= 0.6 is 0 Å². The van der Waals surface area contributed by atoms with Crippen LogP contribution in [-0.4, -0.2) is 22.3 Å². The van der Waals surface area contributed by atoms with Crippen LogP contribution in [0.2, 0.25) is 0 Å². The van der Waals surface area contributed by atoms with Crippen molar-refractivity contribution >= 4 is 17.7 Å². The summed E-state index contributed by atoms with van der Waals surface area (Å²) in [5, 5.41) is 17.5. The molecule has 0 aliphatic carbocycles. The third-order valence-electron chi connectivity index (χ3n) is 6.00. The van der Waals surface area contributed by atoms with E-state index in [2.05, 4.69) is 18.0 Å². The number of rotatable bonds is 8. The summed E-state index contributed by atoms with van der Waals surface area (Å²) in [7, 11) is 0. The molecule has 0 fully saturated rings. The first-order valence-electron chi connectivity index (χ1n) is 11.9. The molecule has 0 saturated heterocycles. The molecule has 6 heteroatoms. The number of benzene rings is 3. The first kappa shape index (κ1) is 25.2. The van der Waals surface area contributed by atoms with Crippen molar-refractivity contribution in [3.05, 3.63) is 113 Å². The van der Waals surface area contributed by atoms with Gasteiger partial charge in [-0.3, -0.25) is 4.79 Å². The second kappa shape index (κ2) is 11.2. The Labute approximate surface area is 217 Å². The van der Waals surface area contributed by atoms with Gasteiger partial charge in [0.1, 0.15) is 29.7 Å². The Balaban J connectivity index is 1.75. The average Bonchev–Trinajstić information content (AvgIpc) is 3.33. The van der Waals surface area contributed by atoms with Crippen molar-refractivity contribution in [2.24, 2.45) is 0 Å². The number of aryl methyl sites for hydroxylation is 3.